The van der Waals surface area contributed by atoms with Gasteiger partial charge in [0.2, 0.25) is 0 Å². The van der Waals surface area contributed by atoms with Crippen molar-refractivity contribution in [2.75, 3.05) is 5.32 Å². The Morgan fingerprint density at radius 2 is 2.00 bits per heavy atom. The quantitative estimate of drug-likeness (QED) is 0.600. The first-order valence-electron chi connectivity index (χ1n) is 6.83. The number of para-hydroxylation sites is 3. The molecule has 0 aliphatic carbocycles. The summed E-state index contributed by atoms with van der Waals surface area (Å²) in [7, 11) is 0. The van der Waals surface area contributed by atoms with E-state index >= 15 is 0 Å². The summed E-state index contributed by atoms with van der Waals surface area (Å²) in [5.74, 6) is 0.863. The number of rotatable bonds is 3. The monoisotopic (exact) mass is 278 g/mol. The highest BCUT2D eigenvalue weighted by Crippen LogP contribution is 2.19. The second-order valence-corrected chi connectivity index (χ2v) is 4.99. The first-order chi connectivity index (χ1) is 10.3. The standard InChI is InChI=1S/C16H14N4O/c1-10-5-4-7-12-15(10)20-14(18-12)9-17-16-19-11-6-2-3-8-13(11)21-16/h2-8H,9H2,1H3,(H,17,19)(H,18,20). The third kappa shape index (κ3) is 2.12. The maximum atomic E-state index is 5.62. The number of hydrogen-bond donors (Lipinski definition) is 2. The lowest BCUT2D eigenvalue weighted by molar-refractivity contribution is 0.613. The first kappa shape index (κ1) is 12.0. The predicted octanol–water partition coefficient (Wildman–Crippen LogP) is 3.62. The van der Waals surface area contributed by atoms with Crippen molar-refractivity contribution in [2.45, 2.75) is 13.5 Å². The molecule has 2 heterocycles. The van der Waals surface area contributed by atoms with Gasteiger partial charge in [-0.1, -0.05) is 24.3 Å². The lowest BCUT2D eigenvalue weighted by Gasteiger charge is -1.96. The van der Waals surface area contributed by atoms with Gasteiger partial charge in [-0.05, 0) is 30.7 Å². The SMILES string of the molecule is Cc1cccc2[nH]c(CNc3nc4ccccc4o3)nc12. The Balaban J connectivity index is 1.58. The minimum atomic E-state index is 0.508. The van der Waals surface area contributed by atoms with Crippen LogP contribution < -0.4 is 5.32 Å². The van der Waals surface area contributed by atoms with Crippen LogP contribution in [-0.4, -0.2) is 15.0 Å². The van der Waals surface area contributed by atoms with Crippen molar-refractivity contribution in [2.24, 2.45) is 0 Å². The number of nitrogens with zero attached hydrogens (tertiary/aromatic N) is 2. The molecule has 0 saturated heterocycles. The Hall–Kier alpha value is -2.82. The minimum Gasteiger partial charge on any atom is -0.424 e. The lowest BCUT2D eigenvalue weighted by atomic mass is 10.2. The van der Waals surface area contributed by atoms with Crippen LogP contribution in [0.5, 0.6) is 0 Å². The molecule has 104 valence electrons. The van der Waals surface area contributed by atoms with E-state index < -0.39 is 0 Å². The highest BCUT2D eigenvalue weighted by atomic mass is 16.4. The Morgan fingerprint density at radius 1 is 1.10 bits per heavy atom. The molecule has 0 unspecified atom stereocenters. The van der Waals surface area contributed by atoms with Crippen LogP contribution in [0.3, 0.4) is 0 Å². The van der Waals surface area contributed by atoms with Gasteiger partial charge in [0.25, 0.3) is 6.01 Å². The molecule has 0 bridgehead atoms. The molecule has 0 fully saturated rings. The Morgan fingerprint density at radius 3 is 2.86 bits per heavy atom. The van der Waals surface area contributed by atoms with Crippen LogP contribution in [0.2, 0.25) is 0 Å². The van der Waals surface area contributed by atoms with Crippen LogP contribution in [0, 0.1) is 6.92 Å². The number of aromatic amines is 1. The van der Waals surface area contributed by atoms with E-state index in [2.05, 4.69) is 33.3 Å². The van der Waals surface area contributed by atoms with Gasteiger partial charge in [0.05, 0.1) is 17.6 Å². The van der Waals surface area contributed by atoms with E-state index in [1.54, 1.807) is 0 Å². The Bertz CT molecular complexity index is 889. The molecule has 0 saturated carbocycles. The van der Waals surface area contributed by atoms with Crippen molar-refractivity contribution in [1.29, 1.82) is 0 Å². The number of hydrogen-bond acceptors (Lipinski definition) is 4. The van der Waals surface area contributed by atoms with Gasteiger partial charge >= 0.3 is 0 Å². The van der Waals surface area contributed by atoms with E-state index in [0.29, 0.717) is 12.6 Å². The molecule has 0 amide bonds. The Labute approximate surface area is 121 Å². The fraction of sp³-hybridized carbons (Fsp3) is 0.125. The van der Waals surface area contributed by atoms with Crippen LogP contribution in [0.4, 0.5) is 6.01 Å². The van der Waals surface area contributed by atoms with Crippen molar-refractivity contribution in [3.05, 3.63) is 53.9 Å². The lowest BCUT2D eigenvalue weighted by Crippen LogP contribution is -2.01. The zero-order valence-corrected chi connectivity index (χ0v) is 11.6. The fourth-order valence-corrected chi connectivity index (χ4v) is 2.42. The largest absolute Gasteiger partial charge is 0.424 e. The van der Waals surface area contributed by atoms with Crippen molar-refractivity contribution in [3.8, 4) is 0 Å². The molecular weight excluding hydrogens is 264 g/mol. The first-order valence-corrected chi connectivity index (χ1v) is 6.83. The molecule has 4 aromatic rings. The summed E-state index contributed by atoms with van der Waals surface area (Å²) in [5, 5.41) is 3.16. The number of aryl methyl sites for hydroxylation is 1. The fourth-order valence-electron chi connectivity index (χ4n) is 2.42. The summed E-state index contributed by atoms with van der Waals surface area (Å²) in [4.78, 5) is 12.3. The number of imidazole rings is 1. The third-order valence-corrected chi connectivity index (χ3v) is 3.46. The van der Waals surface area contributed by atoms with E-state index in [4.69, 9.17) is 4.42 Å². The van der Waals surface area contributed by atoms with Gasteiger partial charge < -0.3 is 14.7 Å². The second-order valence-electron chi connectivity index (χ2n) is 4.99. The predicted molar refractivity (Wildman–Crippen MR) is 82.2 cm³/mol. The molecule has 21 heavy (non-hydrogen) atoms. The molecule has 2 N–H and O–H groups in total. The molecule has 2 aromatic heterocycles. The van der Waals surface area contributed by atoms with E-state index in [9.17, 15) is 0 Å². The number of benzene rings is 2. The average Bonchev–Trinajstić information content (AvgIpc) is 3.09. The molecule has 0 spiro atoms. The van der Waals surface area contributed by atoms with Crippen molar-refractivity contribution >= 4 is 28.1 Å². The van der Waals surface area contributed by atoms with E-state index in [1.165, 1.54) is 0 Å². The number of nitrogens with one attached hydrogen (secondary N) is 2. The molecule has 0 atom stereocenters. The zero-order chi connectivity index (χ0) is 14.2. The smallest absolute Gasteiger partial charge is 0.296 e. The molecule has 0 aliphatic heterocycles. The highest BCUT2D eigenvalue weighted by molar-refractivity contribution is 5.78. The van der Waals surface area contributed by atoms with E-state index in [1.807, 2.05) is 36.4 Å². The summed E-state index contributed by atoms with van der Waals surface area (Å²) in [6.07, 6.45) is 0. The number of aromatic nitrogens is 3. The molecule has 4 rings (SSSR count). The summed E-state index contributed by atoms with van der Waals surface area (Å²) in [5.41, 5.74) is 4.84. The van der Waals surface area contributed by atoms with Crippen molar-refractivity contribution < 1.29 is 4.42 Å². The third-order valence-electron chi connectivity index (χ3n) is 3.46. The van der Waals surface area contributed by atoms with Crippen LogP contribution in [0.15, 0.2) is 46.9 Å². The molecule has 5 heteroatoms. The van der Waals surface area contributed by atoms with Crippen LogP contribution >= 0.6 is 0 Å². The zero-order valence-electron chi connectivity index (χ0n) is 11.6. The van der Waals surface area contributed by atoms with Crippen molar-refractivity contribution in [3.63, 3.8) is 0 Å². The molecule has 0 aliphatic rings. The molecule has 0 radical (unpaired) electrons. The maximum absolute atomic E-state index is 5.62. The van der Waals surface area contributed by atoms with Gasteiger partial charge in [-0.2, -0.15) is 4.98 Å². The minimum absolute atomic E-state index is 0.508. The van der Waals surface area contributed by atoms with Gasteiger partial charge in [0, 0.05) is 0 Å². The van der Waals surface area contributed by atoms with E-state index in [-0.39, 0.29) is 0 Å². The highest BCUT2D eigenvalue weighted by Gasteiger charge is 2.07. The van der Waals surface area contributed by atoms with Crippen LogP contribution in [-0.2, 0) is 6.54 Å². The molecule has 5 nitrogen and oxygen atoms in total. The van der Waals surface area contributed by atoms with Gasteiger partial charge in [0.1, 0.15) is 11.3 Å². The molecule has 2 aromatic carbocycles. The summed E-state index contributed by atoms with van der Waals surface area (Å²) >= 11 is 0. The number of H-pyrrole nitrogens is 1. The number of anilines is 1. The van der Waals surface area contributed by atoms with Gasteiger partial charge in [-0.25, -0.2) is 4.98 Å². The summed E-state index contributed by atoms with van der Waals surface area (Å²) in [6.45, 7) is 2.60. The maximum Gasteiger partial charge on any atom is 0.296 e. The van der Waals surface area contributed by atoms with Gasteiger partial charge in [-0.15, -0.1) is 0 Å². The van der Waals surface area contributed by atoms with Crippen LogP contribution in [0.25, 0.3) is 22.1 Å². The van der Waals surface area contributed by atoms with Crippen molar-refractivity contribution in [1.82, 2.24) is 15.0 Å². The second kappa shape index (κ2) is 4.63. The van der Waals surface area contributed by atoms with Gasteiger partial charge in [-0.3, -0.25) is 0 Å². The van der Waals surface area contributed by atoms with Gasteiger partial charge in [0.15, 0.2) is 5.58 Å². The molecular formula is C16H14N4O. The Kier molecular flexibility index (Phi) is 2.64. The van der Waals surface area contributed by atoms with E-state index in [0.717, 1.165) is 33.5 Å². The number of oxazole rings is 1. The van der Waals surface area contributed by atoms with Crippen LogP contribution in [0.1, 0.15) is 11.4 Å². The topological polar surface area (TPSA) is 66.7 Å². The number of fused-ring (bicyclic) bond motifs is 2. The summed E-state index contributed by atoms with van der Waals surface area (Å²) < 4.78 is 5.62. The average molecular weight is 278 g/mol. The summed E-state index contributed by atoms with van der Waals surface area (Å²) in [6, 6.07) is 14.3. The normalized spacial score (nSPS) is 11.3.